The summed E-state index contributed by atoms with van der Waals surface area (Å²) >= 11 is 6.96. The summed E-state index contributed by atoms with van der Waals surface area (Å²) in [6, 6.07) is 10.5. The van der Waals surface area contributed by atoms with Crippen LogP contribution in [0, 0.1) is 13.8 Å². The SMILES string of the molecule is C.Cc1nnc2n1-c1scc(Br)c1COC2.Cc1nnc2n1-c1scc(Cc3ccccc3)c1COC2. The summed E-state index contributed by atoms with van der Waals surface area (Å²) in [5.41, 5.74) is 5.11. The Morgan fingerprint density at radius 2 is 1.35 bits per heavy atom. The van der Waals surface area contributed by atoms with Gasteiger partial charge < -0.3 is 9.47 Å². The van der Waals surface area contributed by atoms with Crippen molar-refractivity contribution in [1.82, 2.24) is 29.5 Å². The first-order valence-electron chi connectivity index (χ1n) is 11.5. The van der Waals surface area contributed by atoms with E-state index in [2.05, 4.69) is 80.5 Å². The summed E-state index contributed by atoms with van der Waals surface area (Å²) in [6.45, 7) is 6.26. The summed E-state index contributed by atoms with van der Waals surface area (Å²) in [7, 11) is 0. The van der Waals surface area contributed by atoms with Gasteiger partial charge in [-0.15, -0.1) is 43.1 Å². The normalized spacial score (nSPS) is 13.6. The average molecular weight is 600 g/mol. The van der Waals surface area contributed by atoms with Crippen molar-refractivity contribution in [3.05, 3.63) is 91.1 Å². The van der Waals surface area contributed by atoms with E-state index in [-0.39, 0.29) is 7.43 Å². The third kappa shape index (κ3) is 4.94. The quantitative estimate of drug-likeness (QED) is 0.236. The maximum atomic E-state index is 5.78. The number of halogens is 1. The lowest BCUT2D eigenvalue weighted by atomic mass is 10.0. The van der Waals surface area contributed by atoms with Crippen molar-refractivity contribution in [3.63, 3.8) is 0 Å². The summed E-state index contributed by atoms with van der Waals surface area (Å²) in [5, 5.41) is 23.2. The molecule has 8 nitrogen and oxygen atoms in total. The predicted octanol–water partition coefficient (Wildman–Crippen LogP) is 6.32. The second-order valence-corrected chi connectivity index (χ2v) is 11.1. The van der Waals surface area contributed by atoms with E-state index < -0.39 is 0 Å². The smallest absolute Gasteiger partial charge is 0.164 e. The number of benzene rings is 1. The van der Waals surface area contributed by atoms with Crippen LogP contribution in [0.1, 0.15) is 53.0 Å². The van der Waals surface area contributed by atoms with E-state index in [0.717, 1.165) is 39.2 Å². The highest BCUT2D eigenvalue weighted by Gasteiger charge is 2.23. The minimum atomic E-state index is 0. The van der Waals surface area contributed by atoms with Crippen LogP contribution in [0.25, 0.3) is 10.0 Å². The van der Waals surface area contributed by atoms with Crippen LogP contribution in [0.4, 0.5) is 0 Å². The van der Waals surface area contributed by atoms with Crippen LogP contribution in [0.5, 0.6) is 0 Å². The average Bonchev–Trinajstić information content (AvgIpc) is 3.58. The molecule has 0 saturated carbocycles. The van der Waals surface area contributed by atoms with E-state index in [1.54, 1.807) is 22.7 Å². The van der Waals surface area contributed by atoms with Crippen LogP contribution in [0.3, 0.4) is 0 Å². The molecule has 4 aromatic heterocycles. The fraction of sp³-hybridized carbons (Fsp3) is 0.308. The van der Waals surface area contributed by atoms with Crippen LogP contribution < -0.4 is 0 Å². The largest absolute Gasteiger partial charge is 0.369 e. The summed E-state index contributed by atoms with van der Waals surface area (Å²) < 4.78 is 16.6. The van der Waals surface area contributed by atoms with Crippen molar-refractivity contribution in [2.24, 2.45) is 0 Å². The minimum Gasteiger partial charge on any atom is -0.369 e. The molecule has 2 aliphatic rings. The molecule has 0 N–H and O–H groups in total. The van der Waals surface area contributed by atoms with Gasteiger partial charge in [-0.3, -0.25) is 9.13 Å². The topological polar surface area (TPSA) is 79.9 Å². The van der Waals surface area contributed by atoms with Gasteiger partial charge in [0.2, 0.25) is 0 Å². The minimum absolute atomic E-state index is 0. The number of hydrogen-bond donors (Lipinski definition) is 0. The van der Waals surface area contributed by atoms with Gasteiger partial charge in [0.1, 0.15) is 34.9 Å². The number of hydrogen-bond acceptors (Lipinski definition) is 8. The second-order valence-electron chi connectivity index (χ2n) is 8.56. The highest BCUT2D eigenvalue weighted by atomic mass is 79.9. The maximum absolute atomic E-state index is 5.78. The lowest BCUT2D eigenvalue weighted by Gasteiger charge is -2.06. The van der Waals surface area contributed by atoms with Crippen LogP contribution >= 0.6 is 38.6 Å². The first-order valence-corrected chi connectivity index (χ1v) is 14.0. The molecule has 0 saturated heterocycles. The molecule has 0 radical (unpaired) electrons. The van der Waals surface area contributed by atoms with E-state index in [0.29, 0.717) is 26.4 Å². The van der Waals surface area contributed by atoms with E-state index >= 15 is 0 Å². The van der Waals surface area contributed by atoms with Gasteiger partial charge in [0.25, 0.3) is 0 Å². The van der Waals surface area contributed by atoms with Crippen molar-refractivity contribution >= 4 is 38.6 Å². The Labute approximate surface area is 232 Å². The molecule has 0 spiro atoms. The van der Waals surface area contributed by atoms with Crippen LogP contribution in [-0.2, 0) is 42.3 Å². The standard InChI is InChI=1S/C16H15N3OS.C9H8BrN3OS.CH4/c1-11-17-18-15-9-20-8-14-13(10-21-16(14)19(11)15)7-12-5-3-2-4-6-12;1-5-11-12-8-3-14-2-6-7(10)4-15-9(6)13(5)8;/h2-6,10H,7-9H2,1H3;4H,2-3H2,1H3;1H4. The third-order valence-corrected chi connectivity index (χ3v) is 9.23. The van der Waals surface area contributed by atoms with E-state index in [4.69, 9.17) is 9.47 Å². The zero-order chi connectivity index (χ0) is 24.6. The Morgan fingerprint density at radius 1 is 0.784 bits per heavy atom. The Kier molecular flexibility index (Phi) is 7.68. The van der Waals surface area contributed by atoms with Gasteiger partial charge in [-0.05, 0) is 52.7 Å². The molecular weight excluding hydrogens is 572 g/mol. The molecule has 0 fully saturated rings. The molecule has 7 rings (SSSR count). The molecule has 2 aliphatic heterocycles. The molecule has 0 bridgehead atoms. The Morgan fingerprint density at radius 3 is 2.00 bits per heavy atom. The van der Waals surface area contributed by atoms with Gasteiger partial charge in [0, 0.05) is 21.0 Å². The summed E-state index contributed by atoms with van der Waals surface area (Å²) in [4.78, 5) is 0. The van der Waals surface area contributed by atoms with Gasteiger partial charge in [0.15, 0.2) is 11.6 Å². The number of rotatable bonds is 2. The van der Waals surface area contributed by atoms with Crippen LogP contribution in [0.15, 0.2) is 45.6 Å². The number of aromatic nitrogens is 6. The van der Waals surface area contributed by atoms with Crippen molar-refractivity contribution in [2.75, 3.05) is 0 Å². The first kappa shape index (κ1) is 25.9. The fourth-order valence-electron chi connectivity index (χ4n) is 4.40. The molecule has 1 aromatic carbocycles. The second kappa shape index (κ2) is 11.0. The Hall–Kier alpha value is -2.70. The number of fused-ring (bicyclic) bond motifs is 6. The molecule has 0 unspecified atom stereocenters. The van der Waals surface area contributed by atoms with Crippen LogP contribution in [0.2, 0.25) is 0 Å². The maximum Gasteiger partial charge on any atom is 0.164 e. The van der Waals surface area contributed by atoms with Gasteiger partial charge in [0.05, 0.1) is 13.2 Å². The highest BCUT2D eigenvalue weighted by Crippen LogP contribution is 2.35. The van der Waals surface area contributed by atoms with Gasteiger partial charge in [-0.2, -0.15) is 0 Å². The van der Waals surface area contributed by atoms with E-state index in [1.807, 2.05) is 19.9 Å². The molecular formula is C26H27BrN6O2S2. The lowest BCUT2D eigenvalue weighted by Crippen LogP contribution is -2.00. The van der Waals surface area contributed by atoms with E-state index in [9.17, 15) is 0 Å². The van der Waals surface area contributed by atoms with Gasteiger partial charge >= 0.3 is 0 Å². The molecule has 0 atom stereocenters. The van der Waals surface area contributed by atoms with Crippen molar-refractivity contribution < 1.29 is 9.47 Å². The Balaban J connectivity index is 0.000000155. The van der Waals surface area contributed by atoms with Crippen molar-refractivity contribution in [3.8, 4) is 10.0 Å². The number of nitrogens with zero attached hydrogens (tertiary/aromatic N) is 6. The zero-order valence-corrected chi connectivity index (χ0v) is 23.0. The molecule has 192 valence electrons. The molecule has 11 heteroatoms. The van der Waals surface area contributed by atoms with Crippen LogP contribution in [-0.4, -0.2) is 29.5 Å². The summed E-state index contributed by atoms with van der Waals surface area (Å²) in [6.07, 6.45) is 0.937. The number of thiophene rings is 2. The summed E-state index contributed by atoms with van der Waals surface area (Å²) in [5.74, 6) is 3.59. The molecule has 0 aliphatic carbocycles. The number of aryl methyl sites for hydroxylation is 2. The predicted molar refractivity (Wildman–Crippen MR) is 149 cm³/mol. The zero-order valence-electron chi connectivity index (χ0n) is 19.8. The molecule has 6 heterocycles. The van der Waals surface area contributed by atoms with E-state index in [1.165, 1.54) is 27.3 Å². The molecule has 37 heavy (non-hydrogen) atoms. The highest BCUT2D eigenvalue weighted by molar-refractivity contribution is 9.10. The fourth-order valence-corrected chi connectivity index (χ4v) is 7.28. The number of ether oxygens (including phenoxy) is 2. The van der Waals surface area contributed by atoms with Gasteiger partial charge in [-0.1, -0.05) is 37.8 Å². The van der Waals surface area contributed by atoms with Gasteiger partial charge in [-0.25, -0.2) is 0 Å². The third-order valence-electron chi connectivity index (χ3n) is 6.16. The monoisotopic (exact) mass is 598 g/mol. The van der Waals surface area contributed by atoms with Crippen molar-refractivity contribution in [2.45, 2.75) is 54.1 Å². The molecule has 0 amide bonds. The molecule has 5 aromatic rings. The van der Waals surface area contributed by atoms with Crippen molar-refractivity contribution in [1.29, 1.82) is 0 Å². The Bertz CT molecular complexity index is 1520. The lowest BCUT2D eigenvalue weighted by molar-refractivity contribution is 0.104. The first-order chi connectivity index (χ1) is 17.6.